The van der Waals surface area contributed by atoms with Crippen LogP contribution in [-0.4, -0.2) is 31.9 Å². The van der Waals surface area contributed by atoms with Gasteiger partial charge in [-0.05, 0) is 31.5 Å². The van der Waals surface area contributed by atoms with E-state index in [0.29, 0.717) is 18.2 Å². The van der Waals surface area contributed by atoms with Gasteiger partial charge in [-0.1, -0.05) is 0 Å². The number of hydrogen-bond donors (Lipinski definition) is 0. The van der Waals surface area contributed by atoms with Crippen LogP contribution in [0.25, 0.3) is 0 Å². The molecule has 25 heavy (non-hydrogen) atoms. The van der Waals surface area contributed by atoms with E-state index < -0.39 is 38.3 Å². The van der Waals surface area contributed by atoms with E-state index in [0.717, 1.165) is 22.5 Å². The minimum absolute atomic E-state index is 0.0302. The van der Waals surface area contributed by atoms with E-state index in [-0.39, 0.29) is 18.8 Å². The Kier molecular flexibility index (Phi) is 4.61. The van der Waals surface area contributed by atoms with E-state index in [9.17, 15) is 22.0 Å². The van der Waals surface area contributed by atoms with Crippen molar-refractivity contribution in [2.24, 2.45) is 0 Å². The van der Waals surface area contributed by atoms with Crippen LogP contribution in [0.2, 0.25) is 0 Å². The van der Waals surface area contributed by atoms with Gasteiger partial charge < -0.3 is 9.15 Å². The van der Waals surface area contributed by atoms with E-state index in [1.54, 1.807) is 6.92 Å². The van der Waals surface area contributed by atoms with Crippen molar-refractivity contribution in [1.82, 2.24) is 4.31 Å². The Morgan fingerprint density at radius 3 is 2.72 bits per heavy atom. The Balaban J connectivity index is 1.78. The van der Waals surface area contributed by atoms with Gasteiger partial charge >= 0.3 is 5.63 Å². The number of ether oxygens (including phenoxy) is 1. The van der Waals surface area contributed by atoms with Gasteiger partial charge in [-0.25, -0.2) is 22.0 Å². The maximum absolute atomic E-state index is 13.8. The number of hydrogen-bond acceptors (Lipinski definition) is 5. The minimum atomic E-state index is -4.18. The fourth-order valence-electron chi connectivity index (χ4n) is 2.66. The van der Waals surface area contributed by atoms with Crippen molar-refractivity contribution >= 4 is 10.0 Å². The SMILES string of the molecule is Cc1cc(O[C@@H]2CCN(S(=O)(=O)c3cc(F)ccc3F)C2)cc(=O)o1. The molecule has 0 aliphatic carbocycles. The molecule has 0 amide bonds. The lowest BCUT2D eigenvalue weighted by molar-refractivity contribution is 0.213. The molecule has 0 spiro atoms. The van der Waals surface area contributed by atoms with Gasteiger partial charge in [-0.2, -0.15) is 4.31 Å². The van der Waals surface area contributed by atoms with Gasteiger partial charge in [0.25, 0.3) is 0 Å². The van der Waals surface area contributed by atoms with Crippen LogP contribution in [-0.2, 0) is 10.0 Å². The maximum Gasteiger partial charge on any atom is 0.339 e. The van der Waals surface area contributed by atoms with Crippen molar-refractivity contribution in [2.45, 2.75) is 24.3 Å². The molecule has 1 aromatic heterocycles. The Morgan fingerprint density at radius 2 is 2.00 bits per heavy atom. The summed E-state index contributed by atoms with van der Waals surface area (Å²) in [5.41, 5.74) is -0.570. The van der Waals surface area contributed by atoms with Gasteiger partial charge in [0, 0.05) is 12.6 Å². The predicted molar refractivity (Wildman–Crippen MR) is 83.9 cm³/mol. The number of aryl methyl sites for hydroxylation is 1. The predicted octanol–water partition coefficient (Wildman–Crippen LogP) is 2.07. The van der Waals surface area contributed by atoms with E-state index in [4.69, 9.17) is 9.15 Å². The summed E-state index contributed by atoms with van der Waals surface area (Å²) in [6, 6.07) is 4.97. The molecule has 9 heteroatoms. The van der Waals surface area contributed by atoms with Crippen LogP contribution in [0.5, 0.6) is 5.75 Å². The maximum atomic E-state index is 13.8. The molecule has 0 radical (unpaired) electrons. The third-order valence-electron chi connectivity index (χ3n) is 3.79. The summed E-state index contributed by atoms with van der Waals surface area (Å²) in [4.78, 5) is 10.6. The standard InChI is InChI=1S/C16H15F2NO5S/c1-10-6-13(8-16(20)23-10)24-12-4-5-19(9-12)25(21,22)15-7-11(17)2-3-14(15)18/h2-3,6-8,12H,4-5,9H2,1H3/t12-/m1/s1. The fraction of sp³-hybridized carbons (Fsp3) is 0.312. The largest absolute Gasteiger partial charge is 0.489 e. The summed E-state index contributed by atoms with van der Waals surface area (Å²) >= 11 is 0. The van der Waals surface area contributed by atoms with Gasteiger partial charge in [0.15, 0.2) is 0 Å². The van der Waals surface area contributed by atoms with E-state index in [1.807, 2.05) is 0 Å². The normalized spacial score (nSPS) is 18.4. The Hall–Kier alpha value is -2.26. The van der Waals surface area contributed by atoms with E-state index >= 15 is 0 Å². The second-order valence-corrected chi connectivity index (χ2v) is 7.60. The Labute approximate surface area is 142 Å². The molecule has 1 fully saturated rings. The first-order valence-corrected chi connectivity index (χ1v) is 8.93. The van der Waals surface area contributed by atoms with E-state index in [2.05, 4.69) is 0 Å². The molecular formula is C16H15F2NO5S. The molecule has 0 N–H and O–H groups in total. The summed E-state index contributed by atoms with van der Waals surface area (Å²) in [6.07, 6.45) is -0.150. The minimum Gasteiger partial charge on any atom is -0.489 e. The van der Waals surface area contributed by atoms with Crippen LogP contribution in [0.4, 0.5) is 8.78 Å². The molecule has 0 saturated carbocycles. The van der Waals surface area contributed by atoms with Crippen LogP contribution in [0.3, 0.4) is 0 Å². The molecule has 1 saturated heterocycles. The van der Waals surface area contributed by atoms with Crippen LogP contribution in [0.1, 0.15) is 12.2 Å². The van der Waals surface area contributed by atoms with Gasteiger partial charge in [-0.15, -0.1) is 0 Å². The average Bonchev–Trinajstić information content (AvgIpc) is 2.98. The molecule has 1 aliphatic heterocycles. The van der Waals surface area contributed by atoms with Crippen molar-refractivity contribution in [2.75, 3.05) is 13.1 Å². The van der Waals surface area contributed by atoms with Gasteiger partial charge in [0.05, 0.1) is 12.6 Å². The highest BCUT2D eigenvalue weighted by atomic mass is 32.2. The molecular weight excluding hydrogens is 356 g/mol. The Morgan fingerprint density at radius 1 is 1.24 bits per heavy atom. The van der Waals surface area contributed by atoms with Crippen LogP contribution >= 0.6 is 0 Å². The summed E-state index contributed by atoms with van der Waals surface area (Å²) in [6.45, 7) is 1.66. The lowest BCUT2D eigenvalue weighted by atomic mass is 10.3. The monoisotopic (exact) mass is 371 g/mol. The fourth-order valence-corrected chi connectivity index (χ4v) is 4.22. The average molecular weight is 371 g/mol. The summed E-state index contributed by atoms with van der Waals surface area (Å²) in [5.74, 6) is -1.21. The molecule has 0 bridgehead atoms. The second kappa shape index (κ2) is 6.57. The first kappa shape index (κ1) is 17.6. The van der Waals surface area contributed by atoms with Crippen LogP contribution < -0.4 is 10.4 Å². The van der Waals surface area contributed by atoms with Crippen molar-refractivity contribution < 1.29 is 26.4 Å². The zero-order valence-electron chi connectivity index (χ0n) is 13.2. The van der Waals surface area contributed by atoms with Crippen molar-refractivity contribution in [3.8, 4) is 5.75 Å². The highest BCUT2D eigenvalue weighted by Gasteiger charge is 2.35. The second-order valence-electron chi connectivity index (χ2n) is 5.69. The Bertz CT molecular complexity index is 957. The first-order valence-electron chi connectivity index (χ1n) is 7.49. The first-order chi connectivity index (χ1) is 11.8. The third kappa shape index (κ3) is 3.72. The smallest absolute Gasteiger partial charge is 0.339 e. The lowest BCUT2D eigenvalue weighted by Gasteiger charge is -2.17. The van der Waals surface area contributed by atoms with Gasteiger partial charge in [-0.3, -0.25) is 0 Å². The molecule has 2 heterocycles. The van der Waals surface area contributed by atoms with E-state index in [1.165, 1.54) is 6.07 Å². The lowest BCUT2D eigenvalue weighted by Crippen LogP contribution is -2.31. The number of benzene rings is 1. The highest BCUT2D eigenvalue weighted by molar-refractivity contribution is 7.89. The number of sulfonamides is 1. The van der Waals surface area contributed by atoms with Gasteiger partial charge in [0.1, 0.15) is 34.1 Å². The number of rotatable bonds is 4. The summed E-state index contributed by atoms with van der Waals surface area (Å²) in [5, 5.41) is 0. The molecule has 1 atom stereocenters. The molecule has 134 valence electrons. The van der Waals surface area contributed by atoms with Crippen molar-refractivity contribution in [3.05, 3.63) is 58.1 Å². The summed E-state index contributed by atoms with van der Waals surface area (Å²) in [7, 11) is -4.18. The van der Waals surface area contributed by atoms with Crippen molar-refractivity contribution in [3.63, 3.8) is 0 Å². The van der Waals surface area contributed by atoms with Crippen LogP contribution in [0.15, 0.2) is 44.4 Å². The molecule has 0 unspecified atom stereocenters. The molecule has 1 aromatic carbocycles. The van der Waals surface area contributed by atoms with Gasteiger partial charge in [0.2, 0.25) is 10.0 Å². The highest BCUT2D eigenvalue weighted by Crippen LogP contribution is 2.26. The quantitative estimate of drug-likeness (QED) is 0.822. The number of halogens is 2. The summed E-state index contributed by atoms with van der Waals surface area (Å²) < 4.78 is 63.6. The van der Waals surface area contributed by atoms with Crippen molar-refractivity contribution in [1.29, 1.82) is 0 Å². The van der Waals surface area contributed by atoms with Crippen LogP contribution in [0, 0.1) is 18.6 Å². The number of nitrogens with zero attached hydrogens (tertiary/aromatic N) is 1. The topological polar surface area (TPSA) is 76.8 Å². The molecule has 6 nitrogen and oxygen atoms in total. The molecule has 2 aromatic rings. The third-order valence-corrected chi connectivity index (χ3v) is 5.67. The molecule has 1 aliphatic rings. The zero-order valence-corrected chi connectivity index (χ0v) is 14.1. The molecule has 3 rings (SSSR count). The zero-order chi connectivity index (χ0) is 18.2.